The highest BCUT2D eigenvalue weighted by molar-refractivity contribution is 6.34. The molecular formula is C29H40ClN3O4. The third kappa shape index (κ3) is 8.49. The molecule has 0 spiro atoms. The molecular weight excluding hydrogens is 490 g/mol. The molecule has 0 saturated heterocycles. The van der Waals surface area contributed by atoms with E-state index < -0.39 is 35.6 Å². The molecule has 2 unspecified atom stereocenters. The number of nitrogens with zero attached hydrogens (tertiary/aromatic N) is 1. The number of ether oxygens (including phenoxy) is 1. The van der Waals surface area contributed by atoms with Gasteiger partial charge in [0.05, 0.1) is 10.7 Å². The summed E-state index contributed by atoms with van der Waals surface area (Å²) in [6.45, 7) is 15.0. The zero-order valence-electron chi connectivity index (χ0n) is 23.4. The molecule has 2 atom stereocenters. The van der Waals surface area contributed by atoms with Crippen LogP contribution in [-0.4, -0.2) is 41.5 Å². The predicted octanol–water partition coefficient (Wildman–Crippen LogP) is 6.34. The Labute approximate surface area is 225 Å². The molecule has 8 heteroatoms. The van der Waals surface area contributed by atoms with Crippen LogP contribution in [0, 0.1) is 26.7 Å². The Morgan fingerprint density at radius 2 is 1.65 bits per heavy atom. The largest absolute Gasteiger partial charge is 0.444 e. The molecule has 37 heavy (non-hydrogen) atoms. The topological polar surface area (TPSA) is 87.7 Å². The van der Waals surface area contributed by atoms with Crippen molar-refractivity contribution in [3.8, 4) is 0 Å². The number of carbonyl (C=O) groups is 3. The van der Waals surface area contributed by atoms with Crippen LogP contribution < -0.4 is 10.6 Å². The molecule has 0 saturated carbocycles. The molecule has 2 aromatic carbocycles. The fourth-order valence-corrected chi connectivity index (χ4v) is 4.25. The van der Waals surface area contributed by atoms with Crippen LogP contribution in [0.4, 0.5) is 10.5 Å². The van der Waals surface area contributed by atoms with Crippen LogP contribution in [0.2, 0.25) is 5.02 Å². The fourth-order valence-electron chi connectivity index (χ4n) is 3.98. The van der Waals surface area contributed by atoms with Crippen molar-refractivity contribution in [1.82, 2.24) is 10.2 Å². The Morgan fingerprint density at radius 3 is 2.19 bits per heavy atom. The number of carbonyl (C=O) groups excluding carboxylic acids is 3. The van der Waals surface area contributed by atoms with Crippen LogP contribution in [0.15, 0.2) is 36.4 Å². The van der Waals surface area contributed by atoms with Crippen molar-refractivity contribution in [2.75, 3.05) is 12.4 Å². The van der Waals surface area contributed by atoms with Gasteiger partial charge >= 0.3 is 6.09 Å². The highest BCUT2D eigenvalue weighted by atomic mass is 35.5. The van der Waals surface area contributed by atoms with Crippen LogP contribution >= 0.6 is 11.6 Å². The summed E-state index contributed by atoms with van der Waals surface area (Å²) < 4.78 is 5.39. The molecule has 0 aliphatic heterocycles. The molecule has 3 amide bonds. The van der Waals surface area contributed by atoms with E-state index in [0.29, 0.717) is 22.7 Å². The maximum absolute atomic E-state index is 13.8. The normalized spacial score (nSPS) is 13.1. The van der Waals surface area contributed by atoms with Crippen molar-refractivity contribution in [1.29, 1.82) is 0 Å². The van der Waals surface area contributed by atoms with Crippen molar-refractivity contribution in [3.63, 3.8) is 0 Å². The Bertz CT molecular complexity index is 1120. The van der Waals surface area contributed by atoms with E-state index in [0.717, 1.165) is 16.7 Å². The van der Waals surface area contributed by atoms with E-state index in [1.165, 1.54) is 4.90 Å². The van der Waals surface area contributed by atoms with Gasteiger partial charge in [0.1, 0.15) is 17.7 Å². The minimum atomic E-state index is -0.961. The second kappa shape index (κ2) is 12.5. The highest BCUT2D eigenvalue weighted by Crippen LogP contribution is 2.29. The zero-order chi connectivity index (χ0) is 28.1. The number of anilines is 1. The van der Waals surface area contributed by atoms with Gasteiger partial charge in [-0.3, -0.25) is 9.59 Å². The first-order valence-corrected chi connectivity index (χ1v) is 12.9. The smallest absolute Gasteiger partial charge is 0.408 e. The van der Waals surface area contributed by atoms with Crippen LogP contribution in [0.1, 0.15) is 69.3 Å². The number of rotatable bonds is 8. The van der Waals surface area contributed by atoms with Crippen LogP contribution in [0.3, 0.4) is 0 Å². The van der Waals surface area contributed by atoms with E-state index in [1.54, 1.807) is 33.9 Å². The Balaban J connectivity index is 2.46. The van der Waals surface area contributed by atoms with Gasteiger partial charge in [0.15, 0.2) is 0 Å². The summed E-state index contributed by atoms with van der Waals surface area (Å²) in [6, 6.07) is 9.20. The summed E-state index contributed by atoms with van der Waals surface area (Å²) >= 11 is 6.37. The van der Waals surface area contributed by atoms with Gasteiger partial charge in [0, 0.05) is 7.05 Å². The maximum atomic E-state index is 13.8. The Morgan fingerprint density at radius 1 is 1.00 bits per heavy atom. The van der Waals surface area contributed by atoms with Gasteiger partial charge in [-0.1, -0.05) is 55.8 Å². The summed E-state index contributed by atoms with van der Waals surface area (Å²) in [7, 11) is 1.57. The number of para-hydroxylation sites is 1. The molecule has 0 aromatic heterocycles. The van der Waals surface area contributed by atoms with E-state index in [9.17, 15) is 14.4 Å². The number of hydrogen-bond donors (Lipinski definition) is 2. The molecule has 2 aromatic rings. The van der Waals surface area contributed by atoms with Gasteiger partial charge in [-0.05, 0) is 82.2 Å². The molecule has 0 bridgehead atoms. The summed E-state index contributed by atoms with van der Waals surface area (Å²) in [5, 5.41) is 6.04. The van der Waals surface area contributed by atoms with E-state index in [-0.39, 0.29) is 5.92 Å². The van der Waals surface area contributed by atoms with Gasteiger partial charge in [-0.2, -0.15) is 0 Å². The monoisotopic (exact) mass is 529 g/mol. The molecule has 7 nitrogen and oxygen atoms in total. The molecule has 2 N–H and O–H groups in total. The van der Waals surface area contributed by atoms with Gasteiger partial charge in [0.25, 0.3) is 5.91 Å². The van der Waals surface area contributed by atoms with Crippen molar-refractivity contribution < 1.29 is 19.1 Å². The average molecular weight is 530 g/mol. The van der Waals surface area contributed by atoms with Crippen molar-refractivity contribution in [2.45, 2.75) is 79.5 Å². The average Bonchev–Trinajstić information content (AvgIpc) is 2.76. The maximum Gasteiger partial charge on any atom is 0.408 e. The van der Waals surface area contributed by atoms with E-state index >= 15 is 0 Å². The number of hydrogen-bond acceptors (Lipinski definition) is 4. The minimum absolute atomic E-state index is 0.108. The van der Waals surface area contributed by atoms with E-state index in [1.807, 2.05) is 65.0 Å². The third-order valence-electron chi connectivity index (χ3n) is 6.00. The van der Waals surface area contributed by atoms with Crippen LogP contribution in [0.25, 0.3) is 0 Å². The molecule has 2 rings (SSSR count). The lowest BCUT2D eigenvalue weighted by molar-refractivity contribution is -0.139. The van der Waals surface area contributed by atoms with Crippen molar-refractivity contribution >= 4 is 35.2 Å². The molecule has 0 radical (unpaired) electrons. The lowest BCUT2D eigenvalue weighted by Crippen LogP contribution is -2.51. The molecule has 0 aliphatic carbocycles. The highest BCUT2D eigenvalue weighted by Gasteiger charge is 2.35. The quantitative estimate of drug-likeness (QED) is 0.417. The minimum Gasteiger partial charge on any atom is -0.444 e. The second-order valence-corrected chi connectivity index (χ2v) is 11.4. The zero-order valence-corrected chi connectivity index (χ0v) is 24.1. The molecule has 0 heterocycles. The summed E-state index contributed by atoms with van der Waals surface area (Å²) in [5.74, 6) is -0.693. The van der Waals surface area contributed by atoms with E-state index in [4.69, 9.17) is 16.3 Å². The Hall–Kier alpha value is -3.06. The summed E-state index contributed by atoms with van der Waals surface area (Å²) in [6.07, 6.45) is -0.299. The van der Waals surface area contributed by atoms with Crippen LogP contribution in [-0.2, 0) is 14.3 Å². The first-order chi connectivity index (χ1) is 17.1. The number of amides is 3. The number of likely N-dealkylation sites (N-methyl/N-ethyl adjacent to an activating group) is 1. The lowest BCUT2D eigenvalue weighted by Gasteiger charge is -2.32. The summed E-state index contributed by atoms with van der Waals surface area (Å²) in [4.78, 5) is 41.5. The van der Waals surface area contributed by atoms with Gasteiger partial charge in [-0.15, -0.1) is 0 Å². The number of alkyl carbamates (subject to hydrolysis) is 1. The summed E-state index contributed by atoms with van der Waals surface area (Å²) in [5.41, 5.74) is 3.31. The van der Waals surface area contributed by atoms with Crippen molar-refractivity contribution in [2.24, 2.45) is 5.92 Å². The fraction of sp³-hybridized carbons (Fsp3) is 0.483. The van der Waals surface area contributed by atoms with Crippen molar-refractivity contribution in [3.05, 3.63) is 63.7 Å². The van der Waals surface area contributed by atoms with Gasteiger partial charge < -0.3 is 20.3 Å². The lowest BCUT2D eigenvalue weighted by atomic mass is 9.97. The number of halogens is 1. The standard InChI is InChI=1S/C29H40ClN3O4/c1-17(2)15-23(31-28(36)37-29(6,7)8)27(35)33(9)25(21-14-13-18(3)20(5)16-21)26(34)32-24-19(4)11-10-12-22(24)30/h10-14,16-17,23,25H,15H2,1-9H3,(H,31,36)(H,32,34). The van der Waals surface area contributed by atoms with Gasteiger partial charge in [-0.25, -0.2) is 4.79 Å². The third-order valence-corrected chi connectivity index (χ3v) is 6.31. The van der Waals surface area contributed by atoms with Gasteiger partial charge in [0.2, 0.25) is 5.91 Å². The first-order valence-electron chi connectivity index (χ1n) is 12.5. The molecule has 0 fully saturated rings. The van der Waals surface area contributed by atoms with Crippen LogP contribution in [0.5, 0.6) is 0 Å². The SMILES string of the molecule is Cc1ccc(C(C(=O)Nc2c(C)cccc2Cl)N(C)C(=O)C(CC(C)C)NC(=O)OC(C)(C)C)cc1C. The predicted molar refractivity (Wildman–Crippen MR) is 149 cm³/mol. The molecule has 202 valence electrons. The number of nitrogens with one attached hydrogen (secondary N) is 2. The number of aryl methyl sites for hydroxylation is 3. The Kier molecular flexibility index (Phi) is 10.2. The first kappa shape index (κ1) is 30.2. The van der Waals surface area contributed by atoms with E-state index in [2.05, 4.69) is 10.6 Å². The molecule has 0 aliphatic rings. The number of benzene rings is 2. The second-order valence-electron chi connectivity index (χ2n) is 10.9.